The van der Waals surface area contributed by atoms with Crippen molar-refractivity contribution in [1.29, 1.82) is 15.8 Å². The van der Waals surface area contributed by atoms with Crippen LogP contribution >= 0.6 is 0 Å². The summed E-state index contributed by atoms with van der Waals surface area (Å²) in [5, 5.41) is 36.6. The molecule has 6 aromatic rings. The maximum absolute atomic E-state index is 13.3. The van der Waals surface area contributed by atoms with Gasteiger partial charge in [0.2, 0.25) is 18.7 Å². The lowest BCUT2D eigenvalue weighted by Crippen LogP contribution is -2.40. The van der Waals surface area contributed by atoms with E-state index in [2.05, 4.69) is 64.1 Å². The molecule has 113 heavy (non-hydrogen) atoms. The van der Waals surface area contributed by atoms with Crippen molar-refractivity contribution in [3.63, 3.8) is 0 Å². The van der Waals surface area contributed by atoms with Crippen molar-refractivity contribution in [1.82, 2.24) is 44.6 Å². The number of aryl methyl sites for hydroxylation is 6. The van der Waals surface area contributed by atoms with Crippen LogP contribution in [-0.2, 0) is 101 Å². The van der Waals surface area contributed by atoms with Crippen LogP contribution in [0, 0.1) is 34.0 Å². The highest BCUT2D eigenvalue weighted by molar-refractivity contribution is 6.03. The van der Waals surface area contributed by atoms with Crippen LogP contribution in [0.5, 0.6) is 0 Å². The van der Waals surface area contributed by atoms with Crippen molar-refractivity contribution in [3.05, 3.63) is 139 Å². The Hall–Kier alpha value is -11.6. The first-order valence-electron chi connectivity index (χ1n) is 37.9. The van der Waals surface area contributed by atoms with Crippen molar-refractivity contribution in [2.75, 3.05) is 131 Å². The standard InChI is InChI=1S/C28H34N6O5.2C26H30N6O5/c1-19(36)33(17-24-8-5-11-39-24)16-22-12-21-6-3-9-34(27(21)31-25(22)18-35)28(37)32-26-13-20(7-4-10-38-2)23(14-29)15-30-26;2*1-36-8-3-5-18-11-24(28-13-21(18)12-27)30-26(35)32-7-2-4-19-10-20(23(15-33)29-25(19)32)14-31(17-34)22-6-9-37-16-22/h12-13,15,18,24H,3-11,16-17H2,1-2H3,(H,30,32,37);2*10-11,13,15,17,22H,2-9,14,16H2,1H3,(H,28,30,35)/t24-;2*22-/m110/s1. The molecule has 0 unspecified atom stereocenters. The van der Waals surface area contributed by atoms with Gasteiger partial charge in [-0.2, -0.15) is 15.8 Å². The second-order valence-corrected chi connectivity index (χ2v) is 27.9. The molecule has 33 heteroatoms. The molecule has 6 aromatic heterocycles. The first kappa shape index (κ1) is 83.8. The molecule has 0 aliphatic carbocycles. The van der Waals surface area contributed by atoms with Crippen molar-refractivity contribution in [3.8, 4) is 18.2 Å². The van der Waals surface area contributed by atoms with Crippen LogP contribution < -0.4 is 30.7 Å². The maximum Gasteiger partial charge on any atom is 0.328 e. The van der Waals surface area contributed by atoms with E-state index in [9.17, 15) is 58.9 Å². The number of amides is 9. The SMILES string of the molecule is COCCCc1cc(NC(=O)N2CCCc3cc(CN(C=O)[C@@H]4CCOC4)c(C=O)nc32)ncc1C#N.COCCCc1cc(NC(=O)N2CCCc3cc(CN(C=O)[C@H]4CCOC4)c(C=O)nc32)ncc1C#N.COCCCc1cc(NC(=O)N2CCCc3cc(CN(C[C@H]4CCCO4)C(C)=O)c(C=O)nc32)ncc1C#N. The van der Waals surface area contributed by atoms with E-state index in [1.54, 1.807) is 54.2 Å². The first-order valence-corrected chi connectivity index (χ1v) is 37.9. The fourth-order valence-electron chi connectivity index (χ4n) is 14.3. The zero-order valence-corrected chi connectivity index (χ0v) is 64.1. The molecule has 12 rings (SSSR count). The van der Waals surface area contributed by atoms with Crippen LogP contribution in [0.25, 0.3) is 0 Å². The molecular formula is C80H94N18O15. The summed E-state index contributed by atoms with van der Waals surface area (Å²) < 4.78 is 31.8. The summed E-state index contributed by atoms with van der Waals surface area (Å²) in [7, 11) is 4.86. The molecule has 0 saturated carbocycles. The molecule has 3 fully saturated rings. The average molecular weight is 1550 g/mol. The Bertz CT molecular complexity index is 4340. The Morgan fingerprint density at radius 2 is 0.867 bits per heavy atom. The van der Waals surface area contributed by atoms with E-state index in [1.165, 1.54) is 40.2 Å². The molecule has 6 aliphatic heterocycles. The number of fused-ring (bicyclic) bond motifs is 3. The summed E-state index contributed by atoms with van der Waals surface area (Å²) in [5.74, 6) is 2.16. The molecule has 0 spiro atoms. The minimum Gasteiger partial charge on any atom is -0.385 e. The summed E-state index contributed by atoms with van der Waals surface area (Å²) in [6.45, 7) is 8.53. The van der Waals surface area contributed by atoms with Gasteiger partial charge in [0.05, 0.1) is 48.1 Å². The van der Waals surface area contributed by atoms with Crippen LogP contribution in [0.4, 0.5) is 49.3 Å². The number of carbonyl (C=O) groups excluding carboxylic acids is 9. The minimum absolute atomic E-state index is 0.00492. The number of pyridine rings is 6. The largest absolute Gasteiger partial charge is 0.385 e. The van der Waals surface area contributed by atoms with Crippen molar-refractivity contribution in [2.24, 2.45) is 0 Å². The number of urea groups is 3. The van der Waals surface area contributed by atoms with Gasteiger partial charge in [-0.25, -0.2) is 44.3 Å². The van der Waals surface area contributed by atoms with E-state index in [4.69, 9.17) is 28.4 Å². The monoisotopic (exact) mass is 1550 g/mol. The van der Waals surface area contributed by atoms with Crippen molar-refractivity contribution < 1.29 is 71.6 Å². The van der Waals surface area contributed by atoms with Gasteiger partial charge in [0.25, 0.3) is 0 Å². The molecule has 12 heterocycles. The fraction of sp³-hybridized carbons (Fsp3) is 0.475. The van der Waals surface area contributed by atoms with Gasteiger partial charge in [0.15, 0.2) is 18.9 Å². The number of nitrogens with zero attached hydrogens (tertiary/aromatic N) is 15. The van der Waals surface area contributed by atoms with Crippen molar-refractivity contribution >= 4 is 90.6 Å². The van der Waals surface area contributed by atoms with Gasteiger partial charge < -0.3 is 43.1 Å². The highest BCUT2D eigenvalue weighted by Gasteiger charge is 2.33. The van der Waals surface area contributed by atoms with E-state index in [0.29, 0.717) is 205 Å². The van der Waals surface area contributed by atoms with E-state index in [-0.39, 0.29) is 60.8 Å². The second kappa shape index (κ2) is 42.1. The number of anilines is 6. The molecule has 0 radical (unpaired) electrons. The Balaban J connectivity index is 0.000000180. The number of aldehydes is 3. The Kier molecular flexibility index (Phi) is 31.2. The van der Waals surface area contributed by atoms with Gasteiger partial charge in [0, 0.05) is 149 Å². The number of ether oxygens (including phenoxy) is 6. The number of hydrogen-bond acceptors (Lipinski definition) is 24. The number of hydrogen-bond donors (Lipinski definition) is 3. The molecule has 9 amide bonds. The Morgan fingerprint density at radius 1 is 0.504 bits per heavy atom. The highest BCUT2D eigenvalue weighted by atomic mass is 16.5. The van der Waals surface area contributed by atoms with E-state index in [0.717, 1.165) is 110 Å². The molecule has 3 N–H and O–H groups in total. The van der Waals surface area contributed by atoms with Crippen LogP contribution in [0.15, 0.2) is 55.0 Å². The summed E-state index contributed by atoms with van der Waals surface area (Å²) in [6, 6.07) is 15.8. The topological polar surface area (TPSA) is 413 Å². The third kappa shape index (κ3) is 22.2. The summed E-state index contributed by atoms with van der Waals surface area (Å²) in [6.07, 6.45) is 19.6. The minimum atomic E-state index is -0.421. The second-order valence-electron chi connectivity index (χ2n) is 27.9. The predicted molar refractivity (Wildman–Crippen MR) is 412 cm³/mol. The molecule has 33 nitrogen and oxygen atoms in total. The van der Waals surface area contributed by atoms with Crippen LogP contribution in [-0.4, -0.2) is 219 Å². The van der Waals surface area contributed by atoms with Crippen LogP contribution in [0.3, 0.4) is 0 Å². The normalized spacial score (nSPS) is 16.5. The number of rotatable bonds is 30. The zero-order valence-electron chi connectivity index (χ0n) is 64.1. The number of nitrogens with one attached hydrogen (secondary N) is 3. The molecule has 3 saturated heterocycles. The van der Waals surface area contributed by atoms with Gasteiger partial charge in [0.1, 0.15) is 70.2 Å². The smallest absolute Gasteiger partial charge is 0.328 e. The number of carbonyl (C=O) groups is 9. The quantitative estimate of drug-likeness (QED) is 0.0282. The summed E-state index contributed by atoms with van der Waals surface area (Å²) in [4.78, 5) is 147. The van der Waals surface area contributed by atoms with Gasteiger partial charge in [-0.15, -0.1) is 0 Å². The number of aromatic nitrogens is 6. The lowest BCUT2D eigenvalue weighted by molar-refractivity contribution is -0.131. The van der Waals surface area contributed by atoms with Crippen molar-refractivity contribution in [2.45, 2.75) is 147 Å². The van der Waals surface area contributed by atoms with Gasteiger partial charge in [-0.05, 0) is 173 Å². The summed E-state index contributed by atoms with van der Waals surface area (Å²) in [5.41, 5.74) is 8.74. The number of nitriles is 3. The lowest BCUT2D eigenvalue weighted by atomic mass is 10.0. The van der Waals surface area contributed by atoms with Gasteiger partial charge >= 0.3 is 18.1 Å². The van der Waals surface area contributed by atoms with Gasteiger partial charge in [-0.3, -0.25) is 59.4 Å². The molecule has 594 valence electrons. The lowest BCUT2D eigenvalue weighted by Gasteiger charge is -2.30. The average Bonchev–Trinajstić information content (AvgIpc) is 1.76. The number of methoxy groups -OCH3 is 3. The molecule has 3 atom stereocenters. The molecule has 0 aromatic carbocycles. The third-order valence-corrected chi connectivity index (χ3v) is 20.3. The predicted octanol–water partition coefficient (Wildman–Crippen LogP) is 8.20. The molecule has 0 bridgehead atoms. The fourth-order valence-corrected chi connectivity index (χ4v) is 14.3. The van der Waals surface area contributed by atoms with Gasteiger partial charge in [-0.1, -0.05) is 0 Å². The van der Waals surface area contributed by atoms with E-state index in [1.807, 2.05) is 18.2 Å². The Morgan fingerprint density at radius 3 is 1.16 bits per heavy atom. The van der Waals surface area contributed by atoms with Crippen LogP contribution in [0.1, 0.15) is 169 Å². The third-order valence-electron chi connectivity index (χ3n) is 20.3. The zero-order chi connectivity index (χ0) is 80.2. The van der Waals surface area contributed by atoms with E-state index >= 15 is 0 Å². The maximum atomic E-state index is 13.3. The highest BCUT2D eigenvalue weighted by Crippen LogP contribution is 2.34. The van der Waals surface area contributed by atoms with Crippen LogP contribution in [0.2, 0.25) is 0 Å². The first-order chi connectivity index (χ1) is 55.1. The Labute approximate surface area is 655 Å². The van der Waals surface area contributed by atoms with E-state index < -0.39 is 18.1 Å². The molecular weight excluding hydrogens is 1450 g/mol. The summed E-state index contributed by atoms with van der Waals surface area (Å²) >= 11 is 0. The molecule has 6 aliphatic rings.